The van der Waals surface area contributed by atoms with Gasteiger partial charge >= 0.3 is 5.97 Å². The second-order valence-corrected chi connectivity index (χ2v) is 7.69. The van der Waals surface area contributed by atoms with Crippen LogP contribution in [0.4, 0.5) is 5.69 Å². The minimum absolute atomic E-state index is 0.132. The molecule has 1 aliphatic rings. The van der Waals surface area contributed by atoms with E-state index in [1.165, 1.54) is 6.08 Å². The maximum Gasteiger partial charge on any atom is 0.349 e. The maximum atomic E-state index is 12.3. The lowest BCUT2D eigenvalue weighted by molar-refractivity contribution is -0.142. The van der Waals surface area contributed by atoms with Crippen LogP contribution in [0.15, 0.2) is 29.8 Å². The van der Waals surface area contributed by atoms with Crippen LogP contribution in [-0.4, -0.2) is 29.8 Å². The third kappa shape index (κ3) is 5.25. The zero-order valence-electron chi connectivity index (χ0n) is 18.0. The van der Waals surface area contributed by atoms with E-state index in [9.17, 15) is 14.9 Å². The molecule has 31 heavy (non-hydrogen) atoms. The molecular formula is C23H25N3O5. The van der Waals surface area contributed by atoms with E-state index in [0.717, 1.165) is 23.5 Å². The van der Waals surface area contributed by atoms with Crippen molar-refractivity contribution in [3.05, 3.63) is 46.8 Å². The zero-order chi connectivity index (χ0) is 22.5. The number of hydrogen-bond donors (Lipinski definition) is 1. The first-order valence-corrected chi connectivity index (χ1v) is 9.93. The van der Waals surface area contributed by atoms with Crippen molar-refractivity contribution in [3.63, 3.8) is 0 Å². The van der Waals surface area contributed by atoms with Crippen molar-refractivity contribution in [1.29, 1.82) is 5.26 Å². The van der Waals surface area contributed by atoms with Gasteiger partial charge in [-0.05, 0) is 49.6 Å². The second-order valence-electron chi connectivity index (χ2n) is 7.69. The molecule has 2 aromatic rings. The van der Waals surface area contributed by atoms with Gasteiger partial charge in [0, 0.05) is 29.7 Å². The Morgan fingerprint density at radius 3 is 2.71 bits per heavy atom. The van der Waals surface area contributed by atoms with E-state index >= 15 is 0 Å². The Labute approximate surface area is 181 Å². The number of carbonyl (C=O) groups excluding carboxylic acids is 2. The van der Waals surface area contributed by atoms with Gasteiger partial charge < -0.3 is 24.1 Å². The van der Waals surface area contributed by atoms with E-state index in [2.05, 4.69) is 23.7 Å². The van der Waals surface area contributed by atoms with Crippen molar-refractivity contribution in [2.24, 2.45) is 5.92 Å². The lowest BCUT2D eigenvalue weighted by atomic mass is 10.1. The number of nitrogens with one attached hydrogen (secondary N) is 1. The first-order chi connectivity index (χ1) is 14.8. The molecule has 0 radical (unpaired) electrons. The van der Waals surface area contributed by atoms with Crippen molar-refractivity contribution >= 4 is 23.6 Å². The van der Waals surface area contributed by atoms with Crippen molar-refractivity contribution in [3.8, 4) is 17.6 Å². The predicted octanol–water partition coefficient (Wildman–Crippen LogP) is 3.58. The normalized spacial score (nSPS) is 12.6. The Bertz CT molecular complexity index is 1080. The summed E-state index contributed by atoms with van der Waals surface area (Å²) in [5.74, 6) is 0.211. The Kier molecular flexibility index (Phi) is 6.65. The number of nitriles is 1. The third-order valence-corrected chi connectivity index (χ3v) is 4.79. The molecule has 8 heteroatoms. The molecule has 1 aromatic heterocycles. The molecule has 0 fully saturated rings. The Morgan fingerprint density at radius 1 is 1.26 bits per heavy atom. The molecule has 162 valence electrons. The van der Waals surface area contributed by atoms with E-state index in [1.54, 1.807) is 18.2 Å². The molecule has 3 rings (SSSR count). The van der Waals surface area contributed by atoms with Crippen LogP contribution in [0, 0.1) is 31.1 Å². The number of fused-ring (bicyclic) bond motifs is 1. The van der Waals surface area contributed by atoms with Crippen LogP contribution >= 0.6 is 0 Å². The Hall–Kier alpha value is -3.73. The van der Waals surface area contributed by atoms with E-state index in [1.807, 2.05) is 26.0 Å². The lowest BCUT2D eigenvalue weighted by Crippen LogP contribution is -2.21. The fraction of sp³-hybridized carbons (Fsp3) is 0.348. The summed E-state index contributed by atoms with van der Waals surface area (Å²) < 4.78 is 17.7. The molecule has 1 aromatic carbocycles. The summed E-state index contributed by atoms with van der Waals surface area (Å²) in [6.45, 7) is 8.64. The van der Waals surface area contributed by atoms with Gasteiger partial charge in [-0.15, -0.1) is 0 Å². The van der Waals surface area contributed by atoms with Crippen molar-refractivity contribution in [2.45, 2.75) is 34.2 Å². The van der Waals surface area contributed by atoms with Gasteiger partial charge in [-0.1, -0.05) is 13.8 Å². The number of anilines is 1. The summed E-state index contributed by atoms with van der Waals surface area (Å²) in [5.41, 5.74) is 3.11. The quantitative estimate of drug-likeness (QED) is 0.415. The summed E-state index contributed by atoms with van der Waals surface area (Å²) in [6.07, 6.45) is 1.50. The van der Waals surface area contributed by atoms with Gasteiger partial charge in [0.25, 0.3) is 5.91 Å². The van der Waals surface area contributed by atoms with Crippen LogP contribution in [-0.2, 0) is 20.9 Å². The smallest absolute Gasteiger partial charge is 0.349 e. The number of aryl methyl sites for hydroxylation is 1. The van der Waals surface area contributed by atoms with Crippen molar-refractivity contribution in [1.82, 2.24) is 4.57 Å². The van der Waals surface area contributed by atoms with Gasteiger partial charge in [0.2, 0.25) is 6.79 Å². The predicted molar refractivity (Wildman–Crippen MR) is 114 cm³/mol. The van der Waals surface area contributed by atoms with Gasteiger partial charge in [-0.2, -0.15) is 5.26 Å². The molecule has 0 saturated carbocycles. The second kappa shape index (κ2) is 9.39. The minimum atomic E-state index is -0.850. The first-order valence-electron chi connectivity index (χ1n) is 9.93. The minimum Gasteiger partial charge on any atom is -0.454 e. The first kappa shape index (κ1) is 22.0. The van der Waals surface area contributed by atoms with Crippen LogP contribution in [0.1, 0.15) is 30.8 Å². The number of aromatic nitrogens is 1. The average molecular weight is 423 g/mol. The highest BCUT2D eigenvalue weighted by molar-refractivity contribution is 6.00. The molecule has 1 N–H and O–H groups in total. The van der Waals surface area contributed by atoms with Gasteiger partial charge in [0.05, 0.1) is 0 Å². The van der Waals surface area contributed by atoms with Crippen LogP contribution in [0.5, 0.6) is 11.5 Å². The fourth-order valence-corrected chi connectivity index (χ4v) is 3.29. The van der Waals surface area contributed by atoms with Gasteiger partial charge in [0.1, 0.15) is 11.6 Å². The summed E-state index contributed by atoms with van der Waals surface area (Å²) >= 11 is 0. The van der Waals surface area contributed by atoms with Crippen molar-refractivity contribution < 1.29 is 23.8 Å². The third-order valence-electron chi connectivity index (χ3n) is 4.79. The molecule has 1 aliphatic heterocycles. The molecule has 2 heterocycles. The molecule has 0 spiro atoms. The highest BCUT2D eigenvalue weighted by atomic mass is 16.7. The number of nitrogens with zero attached hydrogens (tertiary/aromatic N) is 2. The SMILES string of the molecule is Cc1cc(C=C(C#N)C(=O)OCC(=O)Nc2ccc3c(c2)OCO3)c(C)n1CC(C)C. The maximum absolute atomic E-state index is 12.3. The van der Waals surface area contributed by atoms with Gasteiger partial charge in [0.15, 0.2) is 18.1 Å². The zero-order valence-corrected chi connectivity index (χ0v) is 18.0. The Morgan fingerprint density at radius 2 is 2.00 bits per heavy atom. The molecule has 0 unspecified atom stereocenters. The van der Waals surface area contributed by atoms with E-state index in [0.29, 0.717) is 23.1 Å². The summed E-state index contributed by atoms with van der Waals surface area (Å²) in [5, 5.41) is 12.0. The number of benzene rings is 1. The number of ether oxygens (including phenoxy) is 3. The molecular weight excluding hydrogens is 398 g/mol. The summed E-state index contributed by atoms with van der Waals surface area (Å²) in [7, 11) is 0. The molecule has 0 bridgehead atoms. The number of amides is 1. The number of carbonyl (C=O) groups is 2. The average Bonchev–Trinajstić information content (AvgIpc) is 3.29. The number of rotatable bonds is 7. The Balaban J connectivity index is 1.62. The van der Waals surface area contributed by atoms with Crippen LogP contribution in [0.2, 0.25) is 0 Å². The fourth-order valence-electron chi connectivity index (χ4n) is 3.29. The number of esters is 1. The van der Waals surface area contributed by atoms with E-state index < -0.39 is 18.5 Å². The molecule has 0 atom stereocenters. The van der Waals surface area contributed by atoms with Gasteiger partial charge in [-0.3, -0.25) is 4.79 Å². The van der Waals surface area contributed by atoms with Gasteiger partial charge in [-0.25, -0.2) is 4.79 Å². The molecule has 1 amide bonds. The van der Waals surface area contributed by atoms with Crippen LogP contribution < -0.4 is 14.8 Å². The van der Waals surface area contributed by atoms with Crippen molar-refractivity contribution in [2.75, 3.05) is 18.7 Å². The molecule has 0 saturated heterocycles. The standard InChI is InChI=1S/C23H25N3O5/c1-14(2)11-26-15(3)7-17(16(26)4)8-18(10-24)23(28)29-12-22(27)25-19-5-6-20-21(9-19)31-13-30-20/h5-9,14H,11-13H2,1-4H3,(H,25,27). The lowest BCUT2D eigenvalue weighted by Gasteiger charge is -2.12. The monoisotopic (exact) mass is 423 g/mol. The van der Waals surface area contributed by atoms with E-state index in [4.69, 9.17) is 14.2 Å². The van der Waals surface area contributed by atoms with Crippen LogP contribution in [0.25, 0.3) is 6.08 Å². The summed E-state index contributed by atoms with van der Waals surface area (Å²) in [4.78, 5) is 24.5. The molecule has 8 nitrogen and oxygen atoms in total. The highest BCUT2D eigenvalue weighted by Gasteiger charge is 2.17. The molecule has 0 aliphatic carbocycles. The van der Waals surface area contributed by atoms with E-state index in [-0.39, 0.29) is 12.4 Å². The number of hydrogen-bond acceptors (Lipinski definition) is 6. The highest BCUT2D eigenvalue weighted by Crippen LogP contribution is 2.34. The van der Waals surface area contributed by atoms with Crippen LogP contribution in [0.3, 0.4) is 0 Å². The largest absolute Gasteiger partial charge is 0.454 e. The summed E-state index contributed by atoms with van der Waals surface area (Å²) in [6, 6.07) is 8.74. The topological polar surface area (TPSA) is 103 Å².